The molecule has 6 heteroatoms. The second kappa shape index (κ2) is 7.93. The number of nitrogens with zero attached hydrogens (tertiary/aromatic N) is 1. The molecule has 0 N–H and O–H groups in total. The average molecular weight is 310 g/mol. The smallest absolute Gasteiger partial charge is 0.357 e. The van der Waals surface area contributed by atoms with Crippen molar-refractivity contribution in [2.24, 2.45) is 0 Å². The molecule has 0 saturated heterocycles. The summed E-state index contributed by atoms with van der Waals surface area (Å²) in [6.07, 6.45) is 0. The van der Waals surface area contributed by atoms with Crippen LogP contribution in [0.25, 0.3) is 10.8 Å². The van der Waals surface area contributed by atoms with Gasteiger partial charge in [0.2, 0.25) is 0 Å². The van der Waals surface area contributed by atoms with Gasteiger partial charge in [-0.2, -0.15) is 0 Å². The van der Waals surface area contributed by atoms with Gasteiger partial charge in [-0.25, -0.2) is 9.78 Å². The van der Waals surface area contributed by atoms with E-state index in [-0.39, 0.29) is 17.5 Å². The number of benzene rings is 1. The van der Waals surface area contributed by atoms with E-state index >= 15 is 0 Å². The van der Waals surface area contributed by atoms with Gasteiger partial charge in [-0.3, -0.25) is 0 Å². The summed E-state index contributed by atoms with van der Waals surface area (Å²) in [5, 5.41) is 1.94. The molecule has 112 valence electrons. The number of rotatable bonds is 7. The normalized spacial score (nSPS) is 10.8. The van der Waals surface area contributed by atoms with Gasteiger partial charge in [0.15, 0.2) is 5.69 Å². The first-order chi connectivity index (χ1) is 10.2. The monoisotopic (exact) mass is 309 g/mol. The van der Waals surface area contributed by atoms with E-state index in [9.17, 15) is 4.79 Å². The lowest BCUT2D eigenvalue weighted by atomic mass is 10.1. The van der Waals surface area contributed by atoms with Gasteiger partial charge < -0.3 is 14.2 Å². The van der Waals surface area contributed by atoms with Crippen molar-refractivity contribution in [3.05, 3.63) is 41.2 Å². The molecule has 0 spiro atoms. The molecule has 0 saturated carbocycles. The third kappa shape index (κ3) is 4.39. The Morgan fingerprint density at radius 3 is 2.76 bits per heavy atom. The number of methoxy groups -OCH3 is 1. The van der Waals surface area contributed by atoms with Crippen LogP contribution in [0.4, 0.5) is 0 Å². The minimum absolute atomic E-state index is 0.161. The number of esters is 1. The van der Waals surface area contributed by atoms with E-state index in [4.69, 9.17) is 25.8 Å². The topological polar surface area (TPSA) is 57.7 Å². The number of pyridine rings is 1. The molecule has 0 unspecified atom stereocenters. The van der Waals surface area contributed by atoms with E-state index in [0.29, 0.717) is 19.8 Å². The number of hydrogen-bond acceptors (Lipinski definition) is 5. The van der Waals surface area contributed by atoms with E-state index in [1.54, 1.807) is 13.2 Å². The third-order valence-corrected chi connectivity index (χ3v) is 3.08. The summed E-state index contributed by atoms with van der Waals surface area (Å²) in [5.74, 6) is -0.516. The maximum absolute atomic E-state index is 11.9. The lowest BCUT2D eigenvalue weighted by molar-refractivity contribution is 0.0209. The number of fused-ring (bicyclic) bond motifs is 1. The maximum Gasteiger partial charge on any atom is 0.357 e. The van der Waals surface area contributed by atoms with Crippen LogP contribution in [0.3, 0.4) is 0 Å². The van der Waals surface area contributed by atoms with Crippen LogP contribution in [0.15, 0.2) is 30.3 Å². The van der Waals surface area contributed by atoms with Crippen LogP contribution in [-0.2, 0) is 14.2 Å². The van der Waals surface area contributed by atoms with Crippen molar-refractivity contribution >= 4 is 28.3 Å². The second-order valence-electron chi connectivity index (χ2n) is 4.26. The first kappa shape index (κ1) is 15.7. The predicted molar refractivity (Wildman–Crippen MR) is 79.7 cm³/mol. The molecule has 1 aromatic carbocycles. The summed E-state index contributed by atoms with van der Waals surface area (Å²) in [6, 6.07) is 9.12. The molecule has 21 heavy (non-hydrogen) atoms. The standard InChI is InChI=1S/C15H16ClNO4/c1-19-6-7-20-8-9-21-15(18)13-10-11-4-2-3-5-12(11)14(16)17-13/h2-5,10H,6-9H2,1H3. The van der Waals surface area contributed by atoms with Gasteiger partial charge in [0.1, 0.15) is 11.8 Å². The van der Waals surface area contributed by atoms with E-state index < -0.39 is 5.97 Å². The van der Waals surface area contributed by atoms with Crippen LogP contribution in [0.5, 0.6) is 0 Å². The minimum Gasteiger partial charge on any atom is -0.459 e. The van der Waals surface area contributed by atoms with Gasteiger partial charge in [-0.1, -0.05) is 35.9 Å². The Morgan fingerprint density at radius 2 is 1.95 bits per heavy atom. The first-order valence-electron chi connectivity index (χ1n) is 6.51. The number of hydrogen-bond donors (Lipinski definition) is 0. The quantitative estimate of drug-likeness (QED) is 0.447. The molecular formula is C15H16ClNO4. The predicted octanol–water partition coefficient (Wildman–Crippen LogP) is 2.71. The molecule has 1 heterocycles. The van der Waals surface area contributed by atoms with Gasteiger partial charge in [-0.05, 0) is 11.5 Å². The van der Waals surface area contributed by atoms with E-state index in [0.717, 1.165) is 10.8 Å². The maximum atomic E-state index is 11.9. The van der Waals surface area contributed by atoms with Gasteiger partial charge in [-0.15, -0.1) is 0 Å². The zero-order chi connectivity index (χ0) is 15.1. The molecule has 0 aliphatic carbocycles. The Labute approximate surface area is 127 Å². The summed E-state index contributed by atoms with van der Waals surface area (Å²) in [7, 11) is 1.60. The fraction of sp³-hybridized carbons (Fsp3) is 0.333. The highest BCUT2D eigenvalue weighted by Crippen LogP contribution is 2.22. The van der Waals surface area contributed by atoms with Crippen molar-refractivity contribution in [1.82, 2.24) is 4.98 Å². The highest BCUT2D eigenvalue weighted by atomic mass is 35.5. The van der Waals surface area contributed by atoms with Gasteiger partial charge >= 0.3 is 5.97 Å². The van der Waals surface area contributed by atoms with E-state index in [2.05, 4.69) is 4.98 Å². The van der Waals surface area contributed by atoms with Crippen LogP contribution in [0, 0.1) is 0 Å². The lowest BCUT2D eigenvalue weighted by Crippen LogP contribution is -2.13. The largest absolute Gasteiger partial charge is 0.459 e. The molecular weight excluding hydrogens is 294 g/mol. The highest BCUT2D eigenvalue weighted by molar-refractivity contribution is 6.34. The zero-order valence-electron chi connectivity index (χ0n) is 11.7. The third-order valence-electron chi connectivity index (χ3n) is 2.80. The summed E-state index contributed by atoms with van der Waals surface area (Å²) in [6.45, 7) is 1.45. The molecule has 0 radical (unpaired) electrons. The molecule has 0 bridgehead atoms. The molecule has 2 aromatic rings. The summed E-state index contributed by atoms with van der Waals surface area (Å²) in [5.41, 5.74) is 0.190. The fourth-order valence-corrected chi connectivity index (χ4v) is 2.04. The van der Waals surface area contributed by atoms with Gasteiger partial charge in [0.25, 0.3) is 0 Å². The summed E-state index contributed by atoms with van der Waals surface area (Å²) < 4.78 is 15.1. The van der Waals surface area contributed by atoms with Crippen molar-refractivity contribution < 1.29 is 19.0 Å². The first-order valence-corrected chi connectivity index (χ1v) is 6.89. The van der Waals surface area contributed by atoms with Crippen molar-refractivity contribution in [1.29, 1.82) is 0 Å². The van der Waals surface area contributed by atoms with Gasteiger partial charge in [0.05, 0.1) is 19.8 Å². The minimum atomic E-state index is -0.516. The number of aromatic nitrogens is 1. The summed E-state index contributed by atoms with van der Waals surface area (Å²) >= 11 is 6.07. The number of ether oxygens (including phenoxy) is 3. The Balaban J connectivity index is 1.93. The molecule has 0 amide bonds. The Kier molecular flexibility index (Phi) is 5.92. The van der Waals surface area contributed by atoms with Crippen LogP contribution in [-0.4, -0.2) is 44.5 Å². The Bertz CT molecular complexity index is 618. The number of halogens is 1. The van der Waals surface area contributed by atoms with Crippen molar-refractivity contribution in [2.75, 3.05) is 33.5 Å². The van der Waals surface area contributed by atoms with Crippen LogP contribution < -0.4 is 0 Å². The molecule has 5 nitrogen and oxygen atoms in total. The Hall–Kier alpha value is -1.69. The SMILES string of the molecule is COCCOCCOC(=O)c1cc2ccccc2c(Cl)n1. The molecule has 0 fully saturated rings. The van der Waals surface area contributed by atoms with Crippen LogP contribution in [0.1, 0.15) is 10.5 Å². The van der Waals surface area contributed by atoms with E-state index in [1.807, 2.05) is 24.3 Å². The fourth-order valence-electron chi connectivity index (χ4n) is 1.77. The van der Waals surface area contributed by atoms with Crippen molar-refractivity contribution in [3.63, 3.8) is 0 Å². The van der Waals surface area contributed by atoms with Crippen LogP contribution >= 0.6 is 11.6 Å². The molecule has 2 rings (SSSR count). The Morgan fingerprint density at radius 1 is 1.19 bits per heavy atom. The zero-order valence-corrected chi connectivity index (χ0v) is 12.4. The molecule has 1 aromatic heterocycles. The van der Waals surface area contributed by atoms with Crippen molar-refractivity contribution in [3.8, 4) is 0 Å². The van der Waals surface area contributed by atoms with E-state index in [1.165, 1.54) is 0 Å². The molecule has 0 aliphatic rings. The number of carbonyl (C=O) groups is 1. The molecule has 0 aliphatic heterocycles. The van der Waals surface area contributed by atoms with Gasteiger partial charge in [0, 0.05) is 12.5 Å². The summed E-state index contributed by atoms with van der Waals surface area (Å²) in [4.78, 5) is 16.0. The van der Waals surface area contributed by atoms with Crippen molar-refractivity contribution in [2.45, 2.75) is 0 Å². The lowest BCUT2D eigenvalue weighted by Gasteiger charge is -2.07. The average Bonchev–Trinajstić information content (AvgIpc) is 2.50. The number of carbonyl (C=O) groups excluding carboxylic acids is 1. The van der Waals surface area contributed by atoms with Crippen LogP contribution in [0.2, 0.25) is 5.15 Å². The second-order valence-corrected chi connectivity index (χ2v) is 4.62. The molecule has 0 atom stereocenters. The highest BCUT2D eigenvalue weighted by Gasteiger charge is 2.12.